The first-order valence-corrected chi connectivity index (χ1v) is 6.77. The highest BCUT2D eigenvalue weighted by atomic mass is 35.5. The molecule has 0 saturated carbocycles. The number of hydrogen-bond acceptors (Lipinski definition) is 3. The fourth-order valence-corrected chi connectivity index (χ4v) is 2.40. The lowest BCUT2D eigenvalue weighted by molar-refractivity contribution is 0.568. The van der Waals surface area contributed by atoms with Crippen molar-refractivity contribution in [1.82, 2.24) is 9.97 Å². The smallest absolute Gasteiger partial charge is 0.135 e. The quantitative estimate of drug-likeness (QED) is 0.773. The van der Waals surface area contributed by atoms with Gasteiger partial charge in [-0.2, -0.15) is 0 Å². The van der Waals surface area contributed by atoms with Crippen LogP contribution < -0.4 is 4.90 Å². The predicted octanol–water partition coefficient (Wildman–Crippen LogP) is 3.49. The maximum absolute atomic E-state index is 6.06. The molecule has 1 saturated heterocycles. The maximum Gasteiger partial charge on any atom is 0.135 e. The highest BCUT2D eigenvalue weighted by molar-refractivity contribution is 6.29. The van der Waals surface area contributed by atoms with E-state index in [1.165, 1.54) is 12.8 Å². The van der Waals surface area contributed by atoms with Crippen molar-refractivity contribution < 1.29 is 0 Å². The standard InChI is InChI=1S/C13H20ClN3/c1-4-10-5-6-17(8-10)12-7-11(14)15-13(16-12)9(2)3/h7,9-10H,4-6,8H2,1-3H3. The number of rotatable bonds is 3. The second kappa shape index (κ2) is 5.21. The summed E-state index contributed by atoms with van der Waals surface area (Å²) in [6.07, 6.45) is 2.50. The van der Waals surface area contributed by atoms with Crippen molar-refractivity contribution in [3.8, 4) is 0 Å². The van der Waals surface area contributed by atoms with Gasteiger partial charge in [-0.25, -0.2) is 9.97 Å². The zero-order valence-electron chi connectivity index (χ0n) is 10.8. The number of halogens is 1. The molecule has 0 amide bonds. The largest absolute Gasteiger partial charge is 0.356 e. The van der Waals surface area contributed by atoms with Gasteiger partial charge in [-0.1, -0.05) is 38.8 Å². The molecule has 1 unspecified atom stereocenters. The molecule has 1 atom stereocenters. The van der Waals surface area contributed by atoms with Crippen LogP contribution in [0, 0.1) is 5.92 Å². The van der Waals surface area contributed by atoms with Gasteiger partial charge >= 0.3 is 0 Å². The van der Waals surface area contributed by atoms with Crippen LogP contribution in [0.4, 0.5) is 5.82 Å². The number of hydrogen-bond donors (Lipinski definition) is 0. The normalized spacial score (nSPS) is 20.3. The lowest BCUT2D eigenvalue weighted by atomic mass is 10.1. The van der Waals surface area contributed by atoms with E-state index in [2.05, 4.69) is 35.6 Å². The first-order chi connectivity index (χ1) is 8.10. The summed E-state index contributed by atoms with van der Waals surface area (Å²) in [6.45, 7) is 8.62. The van der Waals surface area contributed by atoms with Gasteiger partial charge in [-0.15, -0.1) is 0 Å². The van der Waals surface area contributed by atoms with Crippen molar-refractivity contribution in [3.05, 3.63) is 17.0 Å². The minimum atomic E-state index is 0.317. The van der Waals surface area contributed by atoms with E-state index in [0.717, 1.165) is 30.6 Å². The first kappa shape index (κ1) is 12.6. The van der Waals surface area contributed by atoms with Crippen molar-refractivity contribution in [1.29, 1.82) is 0 Å². The summed E-state index contributed by atoms with van der Waals surface area (Å²) in [5.74, 6) is 2.94. The second-order valence-corrected chi connectivity index (χ2v) is 5.46. The Balaban J connectivity index is 2.21. The molecule has 1 aromatic heterocycles. The third kappa shape index (κ3) is 2.89. The maximum atomic E-state index is 6.06. The lowest BCUT2D eigenvalue weighted by Crippen LogP contribution is -2.21. The minimum Gasteiger partial charge on any atom is -0.356 e. The molecule has 17 heavy (non-hydrogen) atoms. The summed E-state index contributed by atoms with van der Waals surface area (Å²) in [4.78, 5) is 11.2. The highest BCUT2D eigenvalue weighted by Gasteiger charge is 2.23. The fourth-order valence-electron chi connectivity index (χ4n) is 2.22. The molecule has 1 aromatic rings. The molecular weight excluding hydrogens is 234 g/mol. The molecule has 0 spiro atoms. The molecule has 3 nitrogen and oxygen atoms in total. The van der Waals surface area contributed by atoms with E-state index >= 15 is 0 Å². The molecule has 1 aliphatic rings. The zero-order valence-corrected chi connectivity index (χ0v) is 11.5. The highest BCUT2D eigenvalue weighted by Crippen LogP contribution is 2.26. The topological polar surface area (TPSA) is 29.0 Å². The SMILES string of the molecule is CCC1CCN(c2cc(Cl)nc(C(C)C)n2)C1. The van der Waals surface area contributed by atoms with Crippen LogP contribution in [-0.2, 0) is 0 Å². The number of nitrogens with zero attached hydrogens (tertiary/aromatic N) is 3. The minimum absolute atomic E-state index is 0.317. The Kier molecular flexibility index (Phi) is 3.87. The average molecular weight is 254 g/mol. The van der Waals surface area contributed by atoms with E-state index in [-0.39, 0.29) is 0 Å². The van der Waals surface area contributed by atoms with E-state index < -0.39 is 0 Å². The molecule has 0 radical (unpaired) electrons. The third-order valence-corrected chi connectivity index (χ3v) is 3.60. The monoisotopic (exact) mass is 253 g/mol. The molecule has 2 heterocycles. The number of anilines is 1. The summed E-state index contributed by atoms with van der Waals surface area (Å²) in [5.41, 5.74) is 0. The molecule has 0 bridgehead atoms. The van der Waals surface area contributed by atoms with Crippen LogP contribution >= 0.6 is 11.6 Å². The van der Waals surface area contributed by atoms with Crippen molar-refractivity contribution in [3.63, 3.8) is 0 Å². The van der Waals surface area contributed by atoms with Gasteiger partial charge in [0.2, 0.25) is 0 Å². The Morgan fingerprint density at radius 1 is 1.47 bits per heavy atom. The Morgan fingerprint density at radius 2 is 2.24 bits per heavy atom. The molecule has 1 fully saturated rings. The van der Waals surface area contributed by atoms with Gasteiger partial charge in [0.25, 0.3) is 0 Å². The van der Waals surface area contributed by atoms with Crippen LogP contribution in [0.5, 0.6) is 0 Å². The summed E-state index contributed by atoms with van der Waals surface area (Å²) in [5, 5.41) is 0.554. The molecule has 0 aromatic carbocycles. The van der Waals surface area contributed by atoms with Gasteiger partial charge in [-0.3, -0.25) is 0 Å². The zero-order chi connectivity index (χ0) is 12.4. The first-order valence-electron chi connectivity index (χ1n) is 6.39. The van der Waals surface area contributed by atoms with Crippen LogP contribution in [-0.4, -0.2) is 23.1 Å². The molecule has 0 N–H and O–H groups in total. The van der Waals surface area contributed by atoms with Gasteiger partial charge in [0, 0.05) is 25.1 Å². The molecular formula is C13H20ClN3. The van der Waals surface area contributed by atoms with Crippen molar-refractivity contribution >= 4 is 17.4 Å². The summed E-state index contributed by atoms with van der Waals surface area (Å²) >= 11 is 6.06. The molecule has 4 heteroatoms. The third-order valence-electron chi connectivity index (χ3n) is 3.40. The Bertz CT molecular complexity index is 392. The van der Waals surface area contributed by atoms with Crippen LogP contribution in [0.2, 0.25) is 5.15 Å². The summed E-state index contributed by atoms with van der Waals surface area (Å²) < 4.78 is 0. The van der Waals surface area contributed by atoms with Crippen LogP contribution in [0.1, 0.15) is 45.4 Å². The van der Waals surface area contributed by atoms with Gasteiger partial charge in [-0.05, 0) is 12.3 Å². The van der Waals surface area contributed by atoms with Gasteiger partial charge in [0.1, 0.15) is 16.8 Å². The lowest BCUT2D eigenvalue weighted by Gasteiger charge is -2.18. The molecule has 0 aliphatic carbocycles. The van der Waals surface area contributed by atoms with Gasteiger partial charge in [0.05, 0.1) is 0 Å². The van der Waals surface area contributed by atoms with Crippen molar-refractivity contribution in [2.75, 3.05) is 18.0 Å². The van der Waals surface area contributed by atoms with Crippen molar-refractivity contribution in [2.45, 2.75) is 39.5 Å². The molecule has 1 aliphatic heterocycles. The average Bonchev–Trinajstić information content (AvgIpc) is 2.76. The van der Waals surface area contributed by atoms with Gasteiger partial charge in [0.15, 0.2) is 0 Å². The Hall–Kier alpha value is -0.830. The number of aromatic nitrogens is 2. The second-order valence-electron chi connectivity index (χ2n) is 5.07. The van der Waals surface area contributed by atoms with E-state index in [1.54, 1.807) is 0 Å². The van der Waals surface area contributed by atoms with E-state index in [1.807, 2.05) is 6.07 Å². The molecule has 94 valence electrons. The van der Waals surface area contributed by atoms with Crippen molar-refractivity contribution in [2.24, 2.45) is 5.92 Å². The van der Waals surface area contributed by atoms with E-state index in [9.17, 15) is 0 Å². The Labute approximate surface area is 108 Å². The van der Waals surface area contributed by atoms with E-state index in [0.29, 0.717) is 11.1 Å². The van der Waals surface area contributed by atoms with Gasteiger partial charge < -0.3 is 4.90 Å². The predicted molar refractivity (Wildman–Crippen MR) is 71.7 cm³/mol. The molecule has 2 rings (SSSR count). The Morgan fingerprint density at radius 3 is 2.82 bits per heavy atom. The van der Waals surface area contributed by atoms with Crippen LogP contribution in [0.25, 0.3) is 0 Å². The van der Waals surface area contributed by atoms with Crippen LogP contribution in [0.15, 0.2) is 6.07 Å². The van der Waals surface area contributed by atoms with E-state index in [4.69, 9.17) is 11.6 Å². The summed E-state index contributed by atoms with van der Waals surface area (Å²) in [6, 6.07) is 1.88. The van der Waals surface area contributed by atoms with Crippen LogP contribution in [0.3, 0.4) is 0 Å². The summed E-state index contributed by atoms with van der Waals surface area (Å²) in [7, 11) is 0. The fraction of sp³-hybridized carbons (Fsp3) is 0.692.